The average molecular weight is 453 g/mol. The molecule has 0 saturated carbocycles. The van der Waals surface area contributed by atoms with E-state index in [4.69, 9.17) is 11.6 Å². The molecule has 0 unspecified atom stereocenters. The maximum absolute atomic E-state index is 12.9. The number of benzene rings is 2. The van der Waals surface area contributed by atoms with E-state index in [1.54, 1.807) is 48.0 Å². The molecule has 1 aliphatic rings. The molecule has 31 heavy (non-hydrogen) atoms. The van der Waals surface area contributed by atoms with Crippen LogP contribution in [-0.2, 0) is 16.0 Å². The lowest BCUT2D eigenvalue weighted by Crippen LogP contribution is -2.32. The van der Waals surface area contributed by atoms with Crippen LogP contribution in [0.5, 0.6) is 0 Å². The second kappa shape index (κ2) is 8.71. The molecular weight excluding hydrogens is 436 g/mol. The van der Waals surface area contributed by atoms with Gasteiger partial charge in [-0.15, -0.1) is 11.3 Å². The summed E-state index contributed by atoms with van der Waals surface area (Å²) in [6, 6.07) is 13.6. The molecule has 0 spiro atoms. The van der Waals surface area contributed by atoms with Gasteiger partial charge in [-0.3, -0.25) is 19.7 Å². The molecule has 9 heteroatoms. The quantitative estimate of drug-likeness (QED) is 0.541. The summed E-state index contributed by atoms with van der Waals surface area (Å²) >= 11 is 7.49. The molecule has 1 aromatic heterocycles. The van der Waals surface area contributed by atoms with Crippen molar-refractivity contribution in [2.24, 2.45) is 0 Å². The summed E-state index contributed by atoms with van der Waals surface area (Å²) in [7, 11) is 0. The van der Waals surface area contributed by atoms with Crippen LogP contribution in [0, 0.1) is 0 Å². The summed E-state index contributed by atoms with van der Waals surface area (Å²) in [5.41, 5.74) is 2.48. The Morgan fingerprint density at radius 3 is 2.39 bits per heavy atom. The number of anilines is 3. The fourth-order valence-electron chi connectivity index (χ4n) is 3.03. The number of nitrogens with one attached hydrogen (secondary N) is 2. The molecule has 2 heterocycles. The van der Waals surface area contributed by atoms with Gasteiger partial charge in [0.15, 0.2) is 5.13 Å². The number of aromatic nitrogens is 1. The predicted molar refractivity (Wildman–Crippen MR) is 121 cm³/mol. The zero-order valence-corrected chi connectivity index (χ0v) is 18.0. The van der Waals surface area contributed by atoms with E-state index in [0.717, 1.165) is 16.9 Å². The highest BCUT2D eigenvalue weighted by Gasteiger charge is 2.38. The summed E-state index contributed by atoms with van der Waals surface area (Å²) in [6.45, 7) is 2.02. The number of hydrogen-bond acceptors (Lipinski definition) is 6. The minimum atomic E-state index is -0.585. The van der Waals surface area contributed by atoms with E-state index in [9.17, 15) is 14.4 Å². The molecule has 0 bridgehead atoms. The van der Waals surface area contributed by atoms with E-state index in [2.05, 4.69) is 15.6 Å². The maximum Gasteiger partial charge on any atom is 0.283 e. The lowest BCUT2D eigenvalue weighted by Gasteiger charge is -2.15. The van der Waals surface area contributed by atoms with Gasteiger partial charge in [0.25, 0.3) is 17.7 Å². The van der Waals surface area contributed by atoms with Crippen LogP contribution in [0.15, 0.2) is 70.8 Å². The van der Waals surface area contributed by atoms with Crippen LogP contribution in [0.2, 0.25) is 0 Å². The first-order chi connectivity index (χ1) is 15.0. The Labute approximate surface area is 187 Å². The molecule has 156 valence electrons. The zero-order chi connectivity index (χ0) is 22.0. The Morgan fingerprint density at radius 1 is 1.06 bits per heavy atom. The van der Waals surface area contributed by atoms with Crippen LogP contribution in [0.1, 0.15) is 22.8 Å². The smallest absolute Gasteiger partial charge is 0.283 e. The summed E-state index contributed by atoms with van der Waals surface area (Å²) in [5, 5.41) is 7.68. The monoisotopic (exact) mass is 452 g/mol. The highest BCUT2D eigenvalue weighted by atomic mass is 35.5. The lowest BCUT2D eigenvalue weighted by molar-refractivity contribution is -0.120. The first kappa shape index (κ1) is 20.8. The SMILES string of the molecule is CCc1ccc(N2C(=O)C(Cl)=C(Nc3ccc(C(=O)Nc4nccs4)cc3)C2=O)cc1. The fourth-order valence-corrected chi connectivity index (χ4v) is 3.77. The van der Waals surface area contributed by atoms with Crippen LogP contribution >= 0.6 is 22.9 Å². The Morgan fingerprint density at radius 2 is 1.77 bits per heavy atom. The van der Waals surface area contributed by atoms with Gasteiger partial charge in [-0.2, -0.15) is 0 Å². The Hall–Kier alpha value is -3.49. The van der Waals surface area contributed by atoms with Crippen molar-refractivity contribution in [2.75, 3.05) is 15.5 Å². The van der Waals surface area contributed by atoms with E-state index in [-0.39, 0.29) is 16.6 Å². The minimum absolute atomic E-state index is 0.00813. The van der Waals surface area contributed by atoms with Gasteiger partial charge in [-0.05, 0) is 48.4 Å². The molecule has 4 rings (SSSR count). The van der Waals surface area contributed by atoms with Gasteiger partial charge in [-0.25, -0.2) is 9.88 Å². The second-order valence-electron chi connectivity index (χ2n) is 6.65. The van der Waals surface area contributed by atoms with Crippen LogP contribution in [0.3, 0.4) is 0 Å². The van der Waals surface area contributed by atoms with Crippen molar-refractivity contribution in [1.82, 2.24) is 4.98 Å². The Bertz CT molecular complexity index is 1170. The number of rotatable bonds is 6. The van der Waals surface area contributed by atoms with E-state index in [0.29, 0.717) is 22.1 Å². The largest absolute Gasteiger partial charge is 0.350 e. The number of carbonyl (C=O) groups excluding carboxylic acids is 3. The summed E-state index contributed by atoms with van der Waals surface area (Å²) in [6.07, 6.45) is 2.46. The summed E-state index contributed by atoms with van der Waals surface area (Å²) < 4.78 is 0. The molecule has 1 aliphatic heterocycles. The van der Waals surface area contributed by atoms with Gasteiger partial charge in [-0.1, -0.05) is 30.7 Å². The van der Waals surface area contributed by atoms with Gasteiger partial charge in [0.2, 0.25) is 0 Å². The molecule has 0 aliphatic carbocycles. The number of nitrogens with zero attached hydrogens (tertiary/aromatic N) is 2. The van der Waals surface area contributed by atoms with Crippen molar-refractivity contribution in [3.63, 3.8) is 0 Å². The van der Waals surface area contributed by atoms with Crippen molar-refractivity contribution in [3.8, 4) is 0 Å². The molecule has 7 nitrogen and oxygen atoms in total. The molecule has 2 N–H and O–H groups in total. The Balaban J connectivity index is 1.48. The molecule has 0 fully saturated rings. The second-order valence-corrected chi connectivity index (χ2v) is 7.92. The molecule has 3 amide bonds. The number of aryl methyl sites for hydroxylation is 1. The van der Waals surface area contributed by atoms with Crippen molar-refractivity contribution in [1.29, 1.82) is 0 Å². The fraction of sp³-hybridized carbons (Fsp3) is 0.0909. The first-order valence-corrected chi connectivity index (χ1v) is 10.7. The van der Waals surface area contributed by atoms with E-state index < -0.39 is 11.8 Å². The highest BCUT2D eigenvalue weighted by Crippen LogP contribution is 2.30. The standard InChI is InChI=1S/C22H17ClN4O3S/c1-2-13-3-9-16(10-4-13)27-20(29)17(23)18(21(27)30)25-15-7-5-14(6-8-15)19(28)26-22-24-11-12-31-22/h3-12,25H,2H2,1H3,(H,24,26,28). The third kappa shape index (κ3) is 4.21. The molecule has 2 aromatic carbocycles. The molecule has 0 saturated heterocycles. The predicted octanol–water partition coefficient (Wildman–Crippen LogP) is 4.39. The van der Waals surface area contributed by atoms with Crippen LogP contribution in [0.25, 0.3) is 0 Å². The number of imide groups is 1. The number of carbonyl (C=O) groups is 3. The molecule has 0 atom stereocenters. The topological polar surface area (TPSA) is 91.4 Å². The summed E-state index contributed by atoms with van der Waals surface area (Å²) in [4.78, 5) is 42.8. The van der Waals surface area contributed by atoms with Crippen molar-refractivity contribution < 1.29 is 14.4 Å². The van der Waals surface area contributed by atoms with E-state index in [1.807, 2.05) is 19.1 Å². The highest BCUT2D eigenvalue weighted by molar-refractivity contribution is 7.13. The van der Waals surface area contributed by atoms with Gasteiger partial charge in [0.05, 0.1) is 5.69 Å². The number of hydrogen-bond donors (Lipinski definition) is 2. The van der Waals surface area contributed by atoms with Crippen LogP contribution in [-0.4, -0.2) is 22.7 Å². The molecular formula is C22H17ClN4O3S. The molecule has 0 radical (unpaired) electrons. The van der Waals surface area contributed by atoms with Crippen LogP contribution in [0.4, 0.5) is 16.5 Å². The van der Waals surface area contributed by atoms with Crippen molar-refractivity contribution >= 4 is 57.2 Å². The number of thiazole rings is 1. The third-order valence-electron chi connectivity index (χ3n) is 4.70. The van der Waals surface area contributed by atoms with Crippen LogP contribution < -0.4 is 15.5 Å². The number of amides is 3. The minimum Gasteiger partial charge on any atom is -0.350 e. The van der Waals surface area contributed by atoms with E-state index >= 15 is 0 Å². The zero-order valence-electron chi connectivity index (χ0n) is 16.4. The van der Waals surface area contributed by atoms with Gasteiger partial charge >= 0.3 is 0 Å². The normalized spacial score (nSPS) is 13.7. The lowest BCUT2D eigenvalue weighted by atomic mass is 10.1. The maximum atomic E-state index is 12.9. The van der Waals surface area contributed by atoms with Gasteiger partial charge in [0.1, 0.15) is 10.7 Å². The van der Waals surface area contributed by atoms with Crippen molar-refractivity contribution in [3.05, 3.63) is 82.0 Å². The Kier molecular flexibility index (Phi) is 5.83. The average Bonchev–Trinajstić information content (AvgIpc) is 3.37. The van der Waals surface area contributed by atoms with Gasteiger partial charge in [0, 0.05) is 22.8 Å². The number of halogens is 1. The van der Waals surface area contributed by atoms with Gasteiger partial charge < -0.3 is 5.32 Å². The summed E-state index contributed by atoms with van der Waals surface area (Å²) in [5.74, 6) is -1.42. The van der Waals surface area contributed by atoms with Crippen molar-refractivity contribution in [2.45, 2.75) is 13.3 Å². The third-order valence-corrected chi connectivity index (χ3v) is 5.74. The first-order valence-electron chi connectivity index (χ1n) is 9.43. The van der Waals surface area contributed by atoms with E-state index in [1.165, 1.54) is 11.3 Å². The molecule has 3 aromatic rings.